The van der Waals surface area contributed by atoms with E-state index in [9.17, 15) is 22.8 Å². The van der Waals surface area contributed by atoms with Gasteiger partial charge in [0.1, 0.15) is 18.5 Å². The number of halogens is 3. The molecule has 0 spiro atoms. The molecule has 2 N–H and O–H groups in total. The fraction of sp³-hybridized carbons (Fsp3) is 0.167. The van der Waals surface area contributed by atoms with E-state index in [4.69, 9.17) is 0 Å². The van der Waals surface area contributed by atoms with Crippen molar-refractivity contribution < 1.29 is 22.8 Å². The van der Waals surface area contributed by atoms with Crippen molar-refractivity contribution in [2.24, 2.45) is 0 Å². The topological polar surface area (TPSA) is 121 Å². The number of carbonyl (C=O) groups excluding carboxylic acids is 2. The van der Waals surface area contributed by atoms with Crippen molar-refractivity contribution in [3.8, 4) is 0 Å². The van der Waals surface area contributed by atoms with E-state index in [-0.39, 0.29) is 24.1 Å². The number of urea groups is 1. The second-order valence-electron chi connectivity index (χ2n) is 8.49. The summed E-state index contributed by atoms with van der Waals surface area (Å²) < 4.78 is 40.6. The Morgan fingerprint density at radius 1 is 1.08 bits per heavy atom. The average Bonchev–Trinajstić information content (AvgIpc) is 3.40. The molecular formula is C24H20F3N9O2. The summed E-state index contributed by atoms with van der Waals surface area (Å²) in [6, 6.07) is 8.71. The van der Waals surface area contributed by atoms with Gasteiger partial charge in [-0.15, -0.1) is 10.2 Å². The van der Waals surface area contributed by atoms with Crippen LogP contribution in [-0.2, 0) is 12.7 Å². The van der Waals surface area contributed by atoms with Crippen molar-refractivity contribution in [1.29, 1.82) is 0 Å². The molecular weight excluding hydrogens is 503 g/mol. The van der Waals surface area contributed by atoms with Crippen molar-refractivity contribution in [2.75, 3.05) is 27.6 Å². The first-order valence-electron chi connectivity index (χ1n) is 11.2. The normalized spacial score (nSPS) is 13.3. The highest BCUT2D eigenvalue weighted by Crippen LogP contribution is 2.33. The van der Waals surface area contributed by atoms with Crippen LogP contribution in [0.25, 0.3) is 0 Å². The monoisotopic (exact) mass is 523 g/mol. The first-order chi connectivity index (χ1) is 18.1. The number of amides is 3. The maximum Gasteiger partial charge on any atom is 0.416 e. The lowest BCUT2D eigenvalue weighted by Crippen LogP contribution is -2.46. The molecule has 2 aromatic heterocycles. The largest absolute Gasteiger partial charge is 0.416 e. The number of fused-ring (bicyclic) bond motifs is 1. The third-order valence-corrected chi connectivity index (χ3v) is 5.86. The quantitative estimate of drug-likeness (QED) is 0.404. The molecule has 4 aromatic rings. The van der Waals surface area contributed by atoms with E-state index < -0.39 is 17.6 Å². The zero-order valence-electron chi connectivity index (χ0n) is 20.1. The van der Waals surface area contributed by atoms with E-state index in [1.807, 2.05) is 0 Å². The first-order valence-corrected chi connectivity index (χ1v) is 11.2. The zero-order chi connectivity index (χ0) is 27.0. The van der Waals surface area contributed by atoms with Gasteiger partial charge in [-0.2, -0.15) is 18.2 Å². The number of nitrogens with one attached hydrogen (secondary N) is 2. The highest BCUT2D eigenvalue weighted by atomic mass is 19.4. The van der Waals surface area contributed by atoms with Crippen LogP contribution >= 0.6 is 0 Å². The van der Waals surface area contributed by atoms with Crippen LogP contribution in [0.2, 0.25) is 0 Å². The third kappa shape index (κ3) is 4.83. The number of carbonyl (C=O) groups is 2. The number of aryl methyl sites for hydroxylation is 1. The predicted octanol–water partition coefficient (Wildman–Crippen LogP) is 4.10. The van der Waals surface area contributed by atoms with Gasteiger partial charge in [0.25, 0.3) is 5.91 Å². The van der Waals surface area contributed by atoms with Crippen molar-refractivity contribution in [1.82, 2.24) is 24.8 Å². The standard InChI is InChI=1S/C24H20F3N9O2/c1-14-6-7-18(31-21(37)15-4-3-5-17(8-15)24(25,26)27)9-19(14)36-11-16-10-28-22(33-35-12-29-30-13-35)32-20(16)34(2)23(36)38/h3-10,12-13H,11H2,1-2H3,(H,31,37)(H,28,32,33). The van der Waals surface area contributed by atoms with Gasteiger partial charge in [0.05, 0.1) is 17.8 Å². The molecule has 0 saturated carbocycles. The summed E-state index contributed by atoms with van der Waals surface area (Å²) in [6.07, 6.45) is -0.108. The van der Waals surface area contributed by atoms with Crippen LogP contribution < -0.4 is 20.5 Å². The zero-order valence-corrected chi connectivity index (χ0v) is 20.1. The SMILES string of the molecule is Cc1ccc(NC(=O)c2cccc(C(F)(F)F)c2)cc1N1Cc2cnc(Nn3cnnc3)nc2N(C)C1=O. The van der Waals surface area contributed by atoms with Crippen molar-refractivity contribution >= 4 is 35.1 Å². The van der Waals surface area contributed by atoms with Crippen molar-refractivity contribution in [2.45, 2.75) is 19.6 Å². The van der Waals surface area contributed by atoms with Gasteiger partial charge in [0.2, 0.25) is 5.95 Å². The minimum Gasteiger partial charge on any atom is -0.322 e. The average molecular weight is 523 g/mol. The highest BCUT2D eigenvalue weighted by Gasteiger charge is 2.32. The molecule has 0 saturated heterocycles. The first kappa shape index (κ1) is 24.7. The number of rotatable bonds is 5. The fourth-order valence-corrected chi connectivity index (χ4v) is 3.94. The molecule has 1 aliphatic rings. The molecule has 11 nitrogen and oxygen atoms in total. The number of alkyl halides is 3. The molecule has 14 heteroatoms. The van der Waals surface area contributed by atoms with Gasteiger partial charge >= 0.3 is 12.2 Å². The minimum atomic E-state index is -4.57. The molecule has 0 atom stereocenters. The summed E-state index contributed by atoms with van der Waals surface area (Å²) in [5.74, 6) is -0.0459. The number of nitrogens with zero attached hydrogens (tertiary/aromatic N) is 7. The Kier molecular flexibility index (Phi) is 6.14. The van der Waals surface area contributed by atoms with Gasteiger partial charge in [0, 0.05) is 30.1 Å². The van der Waals surface area contributed by atoms with E-state index in [2.05, 4.69) is 30.9 Å². The lowest BCUT2D eigenvalue weighted by atomic mass is 10.1. The van der Waals surface area contributed by atoms with Gasteiger partial charge in [0.15, 0.2) is 0 Å². The number of hydrogen-bond acceptors (Lipinski definition) is 7. The maximum atomic E-state index is 13.3. The number of benzene rings is 2. The van der Waals surface area contributed by atoms with Crippen LogP contribution in [0.4, 0.5) is 41.1 Å². The van der Waals surface area contributed by atoms with Gasteiger partial charge in [-0.3, -0.25) is 20.0 Å². The molecule has 5 rings (SSSR count). The molecule has 0 aliphatic carbocycles. The summed E-state index contributed by atoms with van der Waals surface area (Å²) >= 11 is 0. The van der Waals surface area contributed by atoms with E-state index in [1.54, 1.807) is 38.4 Å². The molecule has 3 amide bonds. The van der Waals surface area contributed by atoms with Gasteiger partial charge in [-0.25, -0.2) is 14.5 Å². The van der Waals surface area contributed by atoms with Gasteiger partial charge < -0.3 is 5.32 Å². The lowest BCUT2D eigenvalue weighted by molar-refractivity contribution is -0.137. The molecule has 0 unspecified atom stereocenters. The molecule has 3 heterocycles. The van der Waals surface area contributed by atoms with Gasteiger partial charge in [-0.05, 0) is 42.8 Å². The fourth-order valence-electron chi connectivity index (χ4n) is 3.94. The van der Waals surface area contributed by atoms with Crippen LogP contribution in [0.1, 0.15) is 27.0 Å². The molecule has 2 aromatic carbocycles. The van der Waals surface area contributed by atoms with E-state index >= 15 is 0 Å². The molecule has 0 fully saturated rings. The summed E-state index contributed by atoms with van der Waals surface area (Å²) in [5, 5.41) is 10.00. The van der Waals surface area contributed by atoms with Crippen LogP contribution in [0.5, 0.6) is 0 Å². The Bertz CT molecular complexity index is 1520. The maximum absolute atomic E-state index is 13.3. The van der Waals surface area contributed by atoms with Crippen molar-refractivity contribution in [3.63, 3.8) is 0 Å². The Hall–Kier alpha value is -5.01. The van der Waals surface area contributed by atoms with Crippen LogP contribution in [-0.4, -0.2) is 43.8 Å². The van der Waals surface area contributed by atoms with Crippen LogP contribution in [0.3, 0.4) is 0 Å². The molecule has 194 valence electrons. The highest BCUT2D eigenvalue weighted by molar-refractivity contribution is 6.07. The van der Waals surface area contributed by atoms with E-state index in [1.165, 1.54) is 39.3 Å². The second kappa shape index (κ2) is 9.46. The molecule has 0 bridgehead atoms. The van der Waals surface area contributed by atoms with E-state index in [0.29, 0.717) is 22.8 Å². The summed E-state index contributed by atoms with van der Waals surface area (Å²) in [6.45, 7) is 1.97. The smallest absolute Gasteiger partial charge is 0.322 e. The Morgan fingerprint density at radius 3 is 2.58 bits per heavy atom. The number of anilines is 4. The minimum absolute atomic E-state index is 0.141. The number of hydrogen-bond donors (Lipinski definition) is 2. The third-order valence-electron chi connectivity index (χ3n) is 5.86. The Labute approximate surface area is 213 Å². The molecule has 0 radical (unpaired) electrons. The van der Waals surface area contributed by atoms with Crippen molar-refractivity contribution in [3.05, 3.63) is 83.6 Å². The summed E-state index contributed by atoms with van der Waals surface area (Å²) in [7, 11) is 1.58. The molecule has 1 aliphatic heterocycles. The van der Waals surface area contributed by atoms with E-state index in [0.717, 1.165) is 17.7 Å². The lowest BCUT2D eigenvalue weighted by Gasteiger charge is -2.35. The van der Waals surface area contributed by atoms with Crippen LogP contribution in [0.15, 0.2) is 61.3 Å². The second-order valence-corrected chi connectivity index (χ2v) is 8.49. The predicted molar refractivity (Wildman–Crippen MR) is 132 cm³/mol. The Balaban J connectivity index is 1.38. The van der Waals surface area contributed by atoms with Gasteiger partial charge in [-0.1, -0.05) is 12.1 Å². The Morgan fingerprint density at radius 2 is 1.84 bits per heavy atom. The van der Waals surface area contributed by atoms with Crippen LogP contribution in [0, 0.1) is 6.92 Å². The molecule has 38 heavy (non-hydrogen) atoms. The summed E-state index contributed by atoms with van der Waals surface area (Å²) in [5.41, 5.74) is 4.09. The summed E-state index contributed by atoms with van der Waals surface area (Å²) in [4.78, 5) is 37.6. The number of aromatic nitrogens is 5.